The highest BCUT2D eigenvalue weighted by atomic mass is 32.1. The van der Waals surface area contributed by atoms with E-state index in [1.165, 1.54) is 22.7 Å². The van der Waals surface area contributed by atoms with Crippen molar-refractivity contribution in [3.8, 4) is 31.0 Å². The fraction of sp³-hybridized carbons (Fsp3) is 0.176. The predicted molar refractivity (Wildman–Crippen MR) is 97.3 cm³/mol. The molecule has 0 fully saturated rings. The second-order valence-corrected chi connectivity index (χ2v) is 8.38. The van der Waals surface area contributed by atoms with Gasteiger partial charge in [0, 0.05) is 9.75 Å². The molecule has 4 heterocycles. The molecule has 122 valence electrons. The number of hydrogen-bond acceptors (Lipinski definition) is 7. The zero-order valence-corrected chi connectivity index (χ0v) is 15.1. The van der Waals surface area contributed by atoms with E-state index in [9.17, 15) is 9.59 Å². The first-order valence-electron chi connectivity index (χ1n) is 7.26. The van der Waals surface area contributed by atoms with Gasteiger partial charge >= 0.3 is 0 Å². The van der Waals surface area contributed by atoms with Crippen molar-refractivity contribution < 1.29 is 19.1 Å². The SMILES string of the molecule is CC(=O)c1ccc(-c2sc(-c3ccc(C=O)s3)c3c2OCCO3)s1. The molecule has 4 nitrogen and oxygen atoms in total. The van der Waals surface area contributed by atoms with Crippen LogP contribution in [0.5, 0.6) is 11.5 Å². The van der Waals surface area contributed by atoms with Crippen LogP contribution in [0.1, 0.15) is 26.3 Å². The standard InChI is InChI=1S/C17H12O4S3/c1-9(19)11-4-5-13(23-11)17-15-14(20-6-7-21-15)16(24-17)12-3-2-10(8-18)22-12/h2-5,8H,6-7H2,1H3. The summed E-state index contributed by atoms with van der Waals surface area (Å²) in [7, 11) is 0. The van der Waals surface area contributed by atoms with E-state index >= 15 is 0 Å². The lowest BCUT2D eigenvalue weighted by Crippen LogP contribution is -2.14. The van der Waals surface area contributed by atoms with Crippen molar-refractivity contribution in [2.45, 2.75) is 6.92 Å². The van der Waals surface area contributed by atoms with Gasteiger partial charge in [0.1, 0.15) is 13.2 Å². The molecule has 0 saturated heterocycles. The summed E-state index contributed by atoms with van der Waals surface area (Å²) in [5.74, 6) is 1.53. The highest BCUT2D eigenvalue weighted by molar-refractivity contribution is 7.27. The molecule has 3 aromatic heterocycles. The Morgan fingerprint density at radius 3 is 2.12 bits per heavy atom. The molecule has 0 amide bonds. The molecule has 0 unspecified atom stereocenters. The van der Waals surface area contributed by atoms with Crippen molar-refractivity contribution in [2.75, 3.05) is 13.2 Å². The van der Waals surface area contributed by atoms with E-state index in [1.54, 1.807) is 18.3 Å². The van der Waals surface area contributed by atoms with Gasteiger partial charge in [-0.05, 0) is 31.2 Å². The summed E-state index contributed by atoms with van der Waals surface area (Å²) >= 11 is 4.47. The van der Waals surface area contributed by atoms with E-state index < -0.39 is 0 Å². The third-order valence-corrected chi connectivity index (χ3v) is 7.25. The lowest BCUT2D eigenvalue weighted by Gasteiger charge is -2.16. The van der Waals surface area contributed by atoms with Gasteiger partial charge in [-0.2, -0.15) is 0 Å². The normalized spacial score (nSPS) is 13.0. The summed E-state index contributed by atoms with van der Waals surface area (Å²) in [6.45, 7) is 2.58. The van der Waals surface area contributed by atoms with Crippen LogP contribution >= 0.6 is 34.0 Å². The molecule has 0 saturated carbocycles. The van der Waals surface area contributed by atoms with E-state index in [-0.39, 0.29) is 5.78 Å². The van der Waals surface area contributed by atoms with Gasteiger partial charge in [-0.3, -0.25) is 9.59 Å². The summed E-state index contributed by atoms with van der Waals surface area (Å²) in [6.07, 6.45) is 0.852. The lowest BCUT2D eigenvalue weighted by molar-refractivity contribution is 0.102. The lowest BCUT2D eigenvalue weighted by atomic mass is 10.2. The second kappa shape index (κ2) is 6.16. The van der Waals surface area contributed by atoms with Crippen LogP contribution in [-0.4, -0.2) is 25.3 Å². The Morgan fingerprint density at radius 1 is 0.958 bits per heavy atom. The Kier molecular flexibility index (Phi) is 3.99. The zero-order chi connectivity index (χ0) is 16.7. The molecule has 1 aliphatic heterocycles. The number of carbonyl (C=O) groups excluding carboxylic acids is 2. The van der Waals surface area contributed by atoms with Crippen molar-refractivity contribution in [3.63, 3.8) is 0 Å². The quantitative estimate of drug-likeness (QED) is 0.475. The average Bonchev–Trinajstić information content (AvgIpc) is 3.31. The number of hydrogen-bond donors (Lipinski definition) is 0. The van der Waals surface area contributed by atoms with Crippen molar-refractivity contribution >= 4 is 46.1 Å². The van der Waals surface area contributed by atoms with Gasteiger partial charge in [-0.25, -0.2) is 0 Å². The summed E-state index contributed by atoms with van der Waals surface area (Å²) in [5.41, 5.74) is 0. The highest BCUT2D eigenvalue weighted by Crippen LogP contribution is 2.55. The van der Waals surface area contributed by atoms with E-state index in [4.69, 9.17) is 9.47 Å². The van der Waals surface area contributed by atoms with E-state index in [0.717, 1.165) is 42.2 Å². The van der Waals surface area contributed by atoms with Crippen molar-refractivity contribution in [1.82, 2.24) is 0 Å². The molecule has 0 aliphatic carbocycles. The number of aldehydes is 1. The van der Waals surface area contributed by atoms with Crippen LogP contribution in [0.25, 0.3) is 19.5 Å². The number of thiophene rings is 3. The first-order chi connectivity index (χ1) is 11.7. The highest BCUT2D eigenvalue weighted by Gasteiger charge is 2.27. The van der Waals surface area contributed by atoms with Gasteiger partial charge in [0.2, 0.25) is 0 Å². The molecule has 3 aromatic rings. The monoisotopic (exact) mass is 376 g/mol. The van der Waals surface area contributed by atoms with E-state index in [1.807, 2.05) is 24.3 Å². The second-order valence-electron chi connectivity index (χ2n) is 5.16. The molecule has 1 aliphatic rings. The fourth-order valence-corrected chi connectivity index (χ4v) is 5.59. The molecule has 0 atom stereocenters. The van der Waals surface area contributed by atoms with E-state index in [2.05, 4.69) is 0 Å². The topological polar surface area (TPSA) is 52.6 Å². The summed E-state index contributed by atoms with van der Waals surface area (Å²) < 4.78 is 11.7. The summed E-state index contributed by atoms with van der Waals surface area (Å²) in [5, 5.41) is 0. The van der Waals surface area contributed by atoms with E-state index in [0.29, 0.717) is 18.1 Å². The average molecular weight is 376 g/mol. The Hall–Kier alpha value is -1.96. The third-order valence-electron chi connectivity index (χ3n) is 3.54. The maximum Gasteiger partial charge on any atom is 0.181 e. The molecule has 0 spiro atoms. The van der Waals surface area contributed by atoms with Crippen LogP contribution in [0.4, 0.5) is 0 Å². The van der Waals surface area contributed by atoms with Crippen LogP contribution in [0, 0.1) is 0 Å². The Balaban J connectivity index is 1.85. The molecule has 0 bridgehead atoms. The van der Waals surface area contributed by atoms with Gasteiger partial charge in [-0.1, -0.05) is 0 Å². The Bertz CT molecular complexity index is 932. The maximum atomic E-state index is 11.6. The maximum absolute atomic E-state index is 11.6. The molecule has 0 aromatic carbocycles. The number of ether oxygens (including phenoxy) is 2. The number of fused-ring (bicyclic) bond motifs is 1. The summed E-state index contributed by atoms with van der Waals surface area (Å²) in [6, 6.07) is 7.52. The van der Waals surface area contributed by atoms with Crippen molar-refractivity contribution in [2.24, 2.45) is 0 Å². The van der Waals surface area contributed by atoms with Gasteiger partial charge < -0.3 is 9.47 Å². The van der Waals surface area contributed by atoms with Gasteiger partial charge in [-0.15, -0.1) is 34.0 Å². The minimum absolute atomic E-state index is 0.0583. The minimum atomic E-state index is 0.0583. The first kappa shape index (κ1) is 15.6. The molecule has 0 radical (unpaired) electrons. The molecule has 24 heavy (non-hydrogen) atoms. The summed E-state index contributed by atoms with van der Waals surface area (Å²) in [4.78, 5) is 27.9. The van der Waals surface area contributed by atoms with Crippen LogP contribution in [0.3, 0.4) is 0 Å². The number of ketones is 1. The largest absolute Gasteiger partial charge is 0.485 e. The third kappa shape index (κ3) is 2.58. The van der Waals surface area contributed by atoms with Crippen LogP contribution in [0.15, 0.2) is 24.3 Å². The first-order valence-corrected chi connectivity index (χ1v) is 9.71. The Labute approximate surface area is 150 Å². The number of carbonyl (C=O) groups is 2. The number of Topliss-reactive ketones (excluding diaryl/α,β-unsaturated/α-hetero) is 1. The molecular formula is C17H12O4S3. The zero-order valence-electron chi connectivity index (χ0n) is 12.7. The van der Waals surface area contributed by atoms with Crippen LogP contribution in [0.2, 0.25) is 0 Å². The van der Waals surface area contributed by atoms with Crippen LogP contribution in [-0.2, 0) is 0 Å². The van der Waals surface area contributed by atoms with Gasteiger partial charge in [0.15, 0.2) is 23.6 Å². The molecular weight excluding hydrogens is 364 g/mol. The molecule has 4 rings (SSSR count). The molecule has 0 N–H and O–H groups in total. The van der Waals surface area contributed by atoms with Crippen LogP contribution < -0.4 is 9.47 Å². The fourth-order valence-electron chi connectivity index (χ4n) is 2.46. The Morgan fingerprint density at radius 2 is 1.58 bits per heavy atom. The van der Waals surface area contributed by atoms with Gasteiger partial charge in [0.25, 0.3) is 0 Å². The van der Waals surface area contributed by atoms with Gasteiger partial charge in [0.05, 0.1) is 19.5 Å². The minimum Gasteiger partial charge on any atom is -0.485 e. The molecule has 7 heteroatoms. The van der Waals surface area contributed by atoms with Crippen molar-refractivity contribution in [3.05, 3.63) is 34.0 Å². The predicted octanol–water partition coefficient (Wildman–Crippen LogP) is 4.99. The number of rotatable bonds is 4. The van der Waals surface area contributed by atoms with Crippen molar-refractivity contribution in [1.29, 1.82) is 0 Å². The smallest absolute Gasteiger partial charge is 0.181 e.